The van der Waals surface area contributed by atoms with Crippen LogP contribution in [-0.4, -0.2) is 45.3 Å². The van der Waals surface area contributed by atoms with E-state index in [0.717, 1.165) is 38.5 Å². The molecular weight excluding hydrogens is 238 g/mol. The fourth-order valence-electron chi connectivity index (χ4n) is 2.61. The van der Waals surface area contributed by atoms with E-state index in [1.807, 2.05) is 6.33 Å². The van der Waals surface area contributed by atoms with Crippen LogP contribution in [0.2, 0.25) is 0 Å². The van der Waals surface area contributed by atoms with Crippen molar-refractivity contribution in [1.29, 1.82) is 0 Å². The topological polar surface area (TPSA) is 46.0 Å². The van der Waals surface area contributed by atoms with Gasteiger partial charge in [-0.1, -0.05) is 27.2 Å². The number of rotatable bonds is 7. The molecule has 0 fully saturated rings. The van der Waals surface area contributed by atoms with Crippen LogP contribution in [-0.2, 0) is 13.1 Å². The molecule has 5 nitrogen and oxygen atoms in total. The minimum atomic E-state index is 0.583. The van der Waals surface area contributed by atoms with Crippen LogP contribution in [0.15, 0.2) is 6.33 Å². The van der Waals surface area contributed by atoms with E-state index in [-0.39, 0.29) is 0 Å². The summed E-state index contributed by atoms with van der Waals surface area (Å²) in [4.78, 5) is 2.50. The molecule has 1 aromatic heterocycles. The van der Waals surface area contributed by atoms with Gasteiger partial charge in [0.1, 0.15) is 12.2 Å². The first-order valence-electron chi connectivity index (χ1n) is 7.57. The predicted octanol–water partition coefficient (Wildman–Crippen LogP) is 1.51. The average Bonchev–Trinajstić information content (AvgIpc) is 2.90. The molecule has 2 rings (SSSR count). The van der Waals surface area contributed by atoms with Crippen LogP contribution in [0.25, 0.3) is 0 Å². The second-order valence-electron chi connectivity index (χ2n) is 5.62. The molecule has 1 aromatic rings. The number of aromatic nitrogens is 3. The quantitative estimate of drug-likeness (QED) is 0.812. The Hall–Kier alpha value is -0.940. The summed E-state index contributed by atoms with van der Waals surface area (Å²) < 4.78 is 2.16. The van der Waals surface area contributed by atoms with Crippen LogP contribution in [0, 0.1) is 5.92 Å². The number of hydrogen-bond acceptors (Lipinski definition) is 4. The molecule has 0 radical (unpaired) electrons. The van der Waals surface area contributed by atoms with Crippen LogP contribution < -0.4 is 5.32 Å². The van der Waals surface area contributed by atoms with Gasteiger partial charge < -0.3 is 9.88 Å². The average molecular weight is 265 g/mol. The second kappa shape index (κ2) is 7.01. The van der Waals surface area contributed by atoms with E-state index in [4.69, 9.17) is 0 Å². The Morgan fingerprint density at radius 1 is 1.37 bits per heavy atom. The largest absolute Gasteiger partial charge is 0.315 e. The van der Waals surface area contributed by atoms with E-state index in [1.54, 1.807) is 0 Å². The molecule has 0 bridgehead atoms. The minimum Gasteiger partial charge on any atom is -0.315 e. The van der Waals surface area contributed by atoms with Gasteiger partial charge in [0.2, 0.25) is 0 Å². The van der Waals surface area contributed by atoms with Crippen LogP contribution in [0.5, 0.6) is 0 Å². The number of hydrogen-bond donors (Lipinski definition) is 1. The van der Waals surface area contributed by atoms with Crippen LogP contribution >= 0.6 is 0 Å². The van der Waals surface area contributed by atoms with Gasteiger partial charge in [-0.15, -0.1) is 10.2 Å². The van der Waals surface area contributed by atoms with Gasteiger partial charge in [0, 0.05) is 25.7 Å². The lowest BCUT2D eigenvalue weighted by Gasteiger charge is -2.33. The lowest BCUT2D eigenvalue weighted by atomic mass is 9.98. The fourth-order valence-corrected chi connectivity index (χ4v) is 2.61. The normalized spacial score (nSPS) is 19.1. The molecule has 1 aliphatic heterocycles. The van der Waals surface area contributed by atoms with E-state index < -0.39 is 0 Å². The smallest absolute Gasteiger partial charge is 0.147 e. The van der Waals surface area contributed by atoms with E-state index in [0.29, 0.717) is 12.0 Å². The van der Waals surface area contributed by atoms with E-state index >= 15 is 0 Å². The summed E-state index contributed by atoms with van der Waals surface area (Å²) >= 11 is 0. The molecule has 0 amide bonds. The molecule has 5 heteroatoms. The van der Waals surface area contributed by atoms with E-state index in [9.17, 15) is 0 Å². The third kappa shape index (κ3) is 3.76. The van der Waals surface area contributed by atoms with E-state index in [1.165, 1.54) is 12.8 Å². The maximum atomic E-state index is 4.19. The highest BCUT2D eigenvalue weighted by atomic mass is 15.3. The molecule has 2 unspecified atom stereocenters. The summed E-state index contributed by atoms with van der Waals surface area (Å²) in [6.07, 6.45) is 4.26. The van der Waals surface area contributed by atoms with Gasteiger partial charge in [-0.2, -0.15) is 0 Å². The highest BCUT2D eigenvalue weighted by Crippen LogP contribution is 2.14. The maximum Gasteiger partial charge on any atom is 0.147 e. The van der Waals surface area contributed by atoms with Crippen molar-refractivity contribution in [1.82, 2.24) is 25.0 Å². The number of fused-ring (bicyclic) bond motifs is 1. The van der Waals surface area contributed by atoms with Gasteiger partial charge in [-0.25, -0.2) is 0 Å². The molecule has 1 N–H and O–H groups in total. The monoisotopic (exact) mass is 265 g/mol. The lowest BCUT2D eigenvalue weighted by molar-refractivity contribution is 0.173. The Balaban J connectivity index is 1.90. The third-order valence-corrected chi connectivity index (χ3v) is 4.16. The first kappa shape index (κ1) is 14.5. The zero-order valence-corrected chi connectivity index (χ0v) is 12.5. The molecule has 0 aliphatic carbocycles. The maximum absolute atomic E-state index is 4.19. The molecule has 0 aromatic carbocycles. The molecule has 2 atom stereocenters. The minimum absolute atomic E-state index is 0.583. The standard InChI is InChI=1S/C14H27N5/c1-4-6-15-13(12(3)5-2)9-18-7-8-19-11-16-17-14(19)10-18/h11-13,15H,4-10H2,1-3H3. The van der Waals surface area contributed by atoms with Gasteiger partial charge in [0.15, 0.2) is 0 Å². The van der Waals surface area contributed by atoms with Crippen molar-refractivity contribution < 1.29 is 0 Å². The van der Waals surface area contributed by atoms with Gasteiger partial charge in [-0.05, 0) is 18.9 Å². The lowest BCUT2D eigenvalue weighted by Crippen LogP contribution is -2.47. The highest BCUT2D eigenvalue weighted by molar-refractivity contribution is 4.91. The van der Waals surface area contributed by atoms with Crippen molar-refractivity contribution in [3.05, 3.63) is 12.2 Å². The summed E-state index contributed by atoms with van der Waals surface area (Å²) in [5, 5.41) is 11.9. The number of nitrogens with zero attached hydrogens (tertiary/aromatic N) is 4. The molecule has 0 spiro atoms. The Bertz CT molecular complexity index is 376. The molecule has 1 aliphatic rings. The zero-order chi connectivity index (χ0) is 13.7. The summed E-state index contributed by atoms with van der Waals surface area (Å²) in [7, 11) is 0. The zero-order valence-electron chi connectivity index (χ0n) is 12.5. The Kier molecular flexibility index (Phi) is 5.34. The molecule has 108 valence electrons. The Morgan fingerprint density at radius 2 is 2.21 bits per heavy atom. The first-order valence-corrected chi connectivity index (χ1v) is 7.57. The fraction of sp³-hybridized carbons (Fsp3) is 0.857. The van der Waals surface area contributed by atoms with Crippen molar-refractivity contribution in [3.8, 4) is 0 Å². The Labute approximate surface area is 116 Å². The third-order valence-electron chi connectivity index (χ3n) is 4.16. The van der Waals surface area contributed by atoms with Crippen LogP contribution in [0.4, 0.5) is 0 Å². The summed E-state index contributed by atoms with van der Waals surface area (Å²) in [5.74, 6) is 1.82. The highest BCUT2D eigenvalue weighted by Gasteiger charge is 2.22. The first-order chi connectivity index (χ1) is 9.24. The molecule has 19 heavy (non-hydrogen) atoms. The van der Waals surface area contributed by atoms with Crippen molar-refractivity contribution in [2.45, 2.75) is 52.7 Å². The molecular formula is C14H27N5. The predicted molar refractivity (Wildman–Crippen MR) is 76.8 cm³/mol. The van der Waals surface area contributed by atoms with E-state index in [2.05, 4.69) is 45.8 Å². The van der Waals surface area contributed by atoms with Crippen molar-refractivity contribution >= 4 is 0 Å². The summed E-state index contributed by atoms with van der Waals surface area (Å²) in [6.45, 7) is 12.1. The van der Waals surface area contributed by atoms with Crippen LogP contribution in [0.1, 0.15) is 39.4 Å². The molecule has 2 heterocycles. The SMILES string of the molecule is CCCNC(CN1CCn2cnnc2C1)C(C)CC. The van der Waals surface area contributed by atoms with Gasteiger partial charge in [-0.3, -0.25) is 4.90 Å². The molecule has 0 saturated carbocycles. The second-order valence-corrected chi connectivity index (χ2v) is 5.62. The van der Waals surface area contributed by atoms with Crippen molar-refractivity contribution in [2.75, 3.05) is 19.6 Å². The molecule has 0 saturated heterocycles. The van der Waals surface area contributed by atoms with Gasteiger partial charge in [0.25, 0.3) is 0 Å². The van der Waals surface area contributed by atoms with Gasteiger partial charge in [0.05, 0.1) is 6.54 Å². The van der Waals surface area contributed by atoms with Gasteiger partial charge >= 0.3 is 0 Å². The van der Waals surface area contributed by atoms with Crippen molar-refractivity contribution in [2.24, 2.45) is 5.92 Å². The Morgan fingerprint density at radius 3 is 2.95 bits per heavy atom. The van der Waals surface area contributed by atoms with Crippen LogP contribution in [0.3, 0.4) is 0 Å². The van der Waals surface area contributed by atoms with Crippen molar-refractivity contribution in [3.63, 3.8) is 0 Å². The summed E-state index contributed by atoms with van der Waals surface area (Å²) in [6, 6.07) is 0.583. The number of nitrogens with one attached hydrogen (secondary N) is 1. The summed E-state index contributed by atoms with van der Waals surface area (Å²) in [5.41, 5.74) is 0.